The first-order chi connectivity index (χ1) is 14.9. The molecule has 2 aromatic carbocycles. The summed E-state index contributed by atoms with van der Waals surface area (Å²) in [6, 6.07) is 12.4. The van der Waals surface area contributed by atoms with Gasteiger partial charge in [0.15, 0.2) is 0 Å². The third kappa shape index (κ3) is 4.49. The lowest BCUT2D eigenvalue weighted by atomic mass is 10.1. The van der Waals surface area contributed by atoms with Gasteiger partial charge in [-0.25, -0.2) is 0 Å². The van der Waals surface area contributed by atoms with Crippen LogP contribution in [0.4, 0.5) is 5.69 Å². The first kappa shape index (κ1) is 21.1. The molecule has 0 spiro atoms. The highest BCUT2D eigenvalue weighted by Crippen LogP contribution is 2.24. The lowest BCUT2D eigenvalue weighted by molar-refractivity contribution is -0.132. The maximum Gasteiger partial charge on any atom is 0.296 e. The van der Waals surface area contributed by atoms with Crippen molar-refractivity contribution in [2.24, 2.45) is 0 Å². The number of piperidine rings is 1. The fraction of sp³-hybridized carbons (Fsp3) is 0.292. The molecule has 1 aromatic heterocycles. The zero-order chi connectivity index (χ0) is 22.0. The van der Waals surface area contributed by atoms with Gasteiger partial charge < -0.3 is 14.8 Å². The third-order valence-electron chi connectivity index (χ3n) is 5.68. The predicted octanol–water partition coefficient (Wildman–Crippen LogP) is 4.44. The SMILES string of the molecule is Cc1ccc(NC(=O)C(=O)c2cn(CC(=O)N3CCCCC3)c3ccccc23)cc1Cl. The van der Waals surface area contributed by atoms with Crippen LogP contribution in [0.2, 0.25) is 5.02 Å². The first-order valence-electron chi connectivity index (χ1n) is 10.4. The highest BCUT2D eigenvalue weighted by Gasteiger charge is 2.24. The number of para-hydroxylation sites is 1. The standard InChI is InChI=1S/C24H24ClN3O3/c1-16-9-10-17(13-20(16)25)26-24(31)23(30)19-14-28(21-8-4-3-7-18(19)21)15-22(29)27-11-5-2-6-12-27/h3-4,7-10,13-14H,2,5-6,11-12,15H2,1H3,(H,26,31). The molecule has 1 fully saturated rings. The number of benzene rings is 2. The van der Waals surface area contributed by atoms with Crippen molar-refractivity contribution >= 4 is 45.8 Å². The summed E-state index contributed by atoms with van der Waals surface area (Å²) in [6.45, 7) is 3.54. The fourth-order valence-electron chi connectivity index (χ4n) is 3.93. The summed E-state index contributed by atoms with van der Waals surface area (Å²) in [5.41, 5.74) is 2.37. The molecule has 0 unspecified atom stereocenters. The van der Waals surface area contributed by atoms with Crippen LogP contribution >= 0.6 is 11.6 Å². The molecule has 4 rings (SSSR count). The number of halogens is 1. The molecule has 1 aliphatic rings. The molecule has 7 heteroatoms. The van der Waals surface area contributed by atoms with Crippen molar-refractivity contribution in [1.29, 1.82) is 0 Å². The van der Waals surface area contributed by atoms with E-state index >= 15 is 0 Å². The minimum absolute atomic E-state index is 0.0261. The minimum atomic E-state index is -0.745. The van der Waals surface area contributed by atoms with Gasteiger partial charge in [-0.05, 0) is 49.9 Å². The van der Waals surface area contributed by atoms with Gasteiger partial charge in [-0.15, -0.1) is 0 Å². The number of fused-ring (bicyclic) bond motifs is 1. The number of rotatable bonds is 5. The van der Waals surface area contributed by atoms with E-state index in [1.165, 1.54) is 0 Å². The lowest BCUT2D eigenvalue weighted by Gasteiger charge is -2.27. The van der Waals surface area contributed by atoms with E-state index in [1.54, 1.807) is 35.0 Å². The highest BCUT2D eigenvalue weighted by atomic mass is 35.5. The van der Waals surface area contributed by atoms with Crippen LogP contribution in [0.15, 0.2) is 48.7 Å². The van der Waals surface area contributed by atoms with Crippen molar-refractivity contribution in [3.8, 4) is 0 Å². The molecule has 0 atom stereocenters. The number of carbonyl (C=O) groups is 3. The van der Waals surface area contributed by atoms with Gasteiger partial charge in [0.1, 0.15) is 6.54 Å². The average Bonchev–Trinajstić information content (AvgIpc) is 3.14. The van der Waals surface area contributed by atoms with Crippen molar-refractivity contribution in [1.82, 2.24) is 9.47 Å². The second kappa shape index (κ2) is 8.94. The number of hydrogen-bond acceptors (Lipinski definition) is 3. The molecule has 1 N–H and O–H groups in total. The number of aryl methyl sites for hydroxylation is 1. The molecule has 0 aliphatic carbocycles. The van der Waals surface area contributed by atoms with Crippen LogP contribution < -0.4 is 5.32 Å². The van der Waals surface area contributed by atoms with Gasteiger partial charge in [0.2, 0.25) is 5.91 Å². The zero-order valence-electron chi connectivity index (χ0n) is 17.4. The predicted molar refractivity (Wildman–Crippen MR) is 122 cm³/mol. The molecule has 0 bridgehead atoms. The summed E-state index contributed by atoms with van der Waals surface area (Å²) >= 11 is 6.11. The number of nitrogens with one attached hydrogen (secondary N) is 1. The van der Waals surface area contributed by atoms with Gasteiger partial charge in [0.25, 0.3) is 11.7 Å². The normalized spacial score (nSPS) is 13.9. The van der Waals surface area contributed by atoms with E-state index in [9.17, 15) is 14.4 Å². The van der Waals surface area contributed by atoms with Crippen LogP contribution in [0.5, 0.6) is 0 Å². The van der Waals surface area contributed by atoms with Crippen molar-refractivity contribution in [3.05, 3.63) is 64.8 Å². The monoisotopic (exact) mass is 437 g/mol. The molecule has 1 saturated heterocycles. The van der Waals surface area contributed by atoms with E-state index < -0.39 is 11.7 Å². The number of hydrogen-bond donors (Lipinski definition) is 1. The van der Waals surface area contributed by atoms with E-state index in [1.807, 2.05) is 30.0 Å². The van der Waals surface area contributed by atoms with E-state index in [4.69, 9.17) is 11.6 Å². The summed E-state index contributed by atoms with van der Waals surface area (Å²) in [5, 5.41) is 3.78. The van der Waals surface area contributed by atoms with Crippen molar-refractivity contribution in [2.75, 3.05) is 18.4 Å². The first-order valence-corrected chi connectivity index (χ1v) is 10.8. The van der Waals surface area contributed by atoms with Crippen LogP contribution in [-0.4, -0.2) is 40.2 Å². The van der Waals surface area contributed by atoms with Crippen molar-refractivity contribution < 1.29 is 14.4 Å². The number of Topliss-reactive ketones (excluding diaryl/α,β-unsaturated/α-hetero) is 1. The second-order valence-electron chi connectivity index (χ2n) is 7.88. The van der Waals surface area contributed by atoms with Crippen molar-refractivity contribution in [2.45, 2.75) is 32.7 Å². The maximum atomic E-state index is 13.0. The summed E-state index contributed by atoms with van der Waals surface area (Å²) in [7, 11) is 0. The Balaban J connectivity index is 1.58. The Morgan fingerprint density at radius 3 is 2.52 bits per heavy atom. The van der Waals surface area contributed by atoms with Crippen LogP contribution in [0, 0.1) is 6.92 Å². The Labute approximate surface area is 185 Å². The van der Waals surface area contributed by atoms with Gasteiger partial charge >= 0.3 is 0 Å². The highest BCUT2D eigenvalue weighted by molar-refractivity contribution is 6.48. The van der Waals surface area contributed by atoms with Gasteiger partial charge in [0.05, 0.1) is 5.56 Å². The molecule has 2 amide bonds. The quantitative estimate of drug-likeness (QED) is 0.474. The number of nitrogens with zero attached hydrogens (tertiary/aromatic N) is 2. The van der Waals surface area contributed by atoms with Crippen LogP contribution in [-0.2, 0) is 16.1 Å². The van der Waals surface area contributed by atoms with E-state index in [2.05, 4.69) is 5.32 Å². The van der Waals surface area contributed by atoms with E-state index in [0.29, 0.717) is 16.1 Å². The van der Waals surface area contributed by atoms with E-state index in [-0.39, 0.29) is 18.0 Å². The number of anilines is 1. The van der Waals surface area contributed by atoms with Gasteiger partial charge in [0, 0.05) is 40.9 Å². The smallest absolute Gasteiger partial charge is 0.296 e. The molecule has 6 nitrogen and oxygen atoms in total. The Hall–Kier alpha value is -3.12. The molecule has 160 valence electrons. The number of ketones is 1. The number of amides is 2. The van der Waals surface area contributed by atoms with Gasteiger partial charge in [-0.1, -0.05) is 35.9 Å². The average molecular weight is 438 g/mol. The molecular weight excluding hydrogens is 414 g/mol. The molecule has 2 heterocycles. The lowest BCUT2D eigenvalue weighted by Crippen LogP contribution is -2.37. The van der Waals surface area contributed by atoms with Gasteiger partial charge in [-0.3, -0.25) is 14.4 Å². The Morgan fingerprint density at radius 1 is 1.03 bits per heavy atom. The molecular formula is C24H24ClN3O3. The molecule has 0 saturated carbocycles. The Bertz CT molecular complexity index is 1160. The molecule has 1 aliphatic heterocycles. The number of aromatic nitrogens is 1. The number of carbonyl (C=O) groups excluding carboxylic acids is 3. The van der Waals surface area contributed by atoms with E-state index in [0.717, 1.165) is 43.4 Å². The minimum Gasteiger partial charge on any atom is -0.341 e. The Kier molecular flexibility index (Phi) is 6.09. The van der Waals surface area contributed by atoms with Crippen LogP contribution in [0.3, 0.4) is 0 Å². The molecule has 3 aromatic rings. The third-order valence-corrected chi connectivity index (χ3v) is 6.09. The summed E-state index contributed by atoms with van der Waals surface area (Å²) in [4.78, 5) is 40.2. The Morgan fingerprint density at radius 2 is 1.77 bits per heavy atom. The van der Waals surface area contributed by atoms with Crippen LogP contribution in [0.1, 0.15) is 35.2 Å². The summed E-state index contributed by atoms with van der Waals surface area (Å²) < 4.78 is 1.76. The van der Waals surface area contributed by atoms with Crippen molar-refractivity contribution in [3.63, 3.8) is 0 Å². The van der Waals surface area contributed by atoms with Gasteiger partial charge in [-0.2, -0.15) is 0 Å². The molecule has 0 radical (unpaired) electrons. The van der Waals surface area contributed by atoms with Crippen LogP contribution in [0.25, 0.3) is 10.9 Å². The topological polar surface area (TPSA) is 71.4 Å². The molecule has 31 heavy (non-hydrogen) atoms. The summed E-state index contributed by atoms with van der Waals surface area (Å²) in [5.74, 6) is -1.37. The number of likely N-dealkylation sites (tertiary alicyclic amines) is 1. The largest absolute Gasteiger partial charge is 0.341 e. The zero-order valence-corrected chi connectivity index (χ0v) is 18.1. The second-order valence-corrected chi connectivity index (χ2v) is 8.28. The fourth-order valence-corrected chi connectivity index (χ4v) is 4.11. The maximum absolute atomic E-state index is 13.0. The summed E-state index contributed by atoms with van der Waals surface area (Å²) in [6.07, 6.45) is 4.79.